The number of aryl methyl sites for hydroxylation is 1. The minimum absolute atomic E-state index is 0.0920. The molecule has 0 amide bonds. The van der Waals surface area contributed by atoms with Crippen LogP contribution in [0.2, 0.25) is 0 Å². The van der Waals surface area contributed by atoms with E-state index in [-0.39, 0.29) is 22.3 Å². The lowest BCUT2D eigenvalue weighted by molar-refractivity contribution is 0.0600. The number of methoxy groups -OCH3 is 1. The summed E-state index contributed by atoms with van der Waals surface area (Å²) in [4.78, 5) is 11.9. The number of ether oxygens (including phenoxy) is 1. The molecule has 138 valence electrons. The van der Waals surface area contributed by atoms with E-state index in [4.69, 9.17) is 0 Å². The molecule has 2 aromatic rings. The SMILES string of the molecule is COC(=O)c1ccc(C)c(S(=O)(=O)N2CCCC2c2ccc(F)cc2)c1. The lowest BCUT2D eigenvalue weighted by atomic mass is 10.1. The molecule has 7 heteroatoms. The van der Waals surface area contributed by atoms with Gasteiger partial charge in [-0.3, -0.25) is 0 Å². The highest BCUT2D eigenvalue weighted by Crippen LogP contribution is 2.37. The Morgan fingerprint density at radius 2 is 1.88 bits per heavy atom. The third-order valence-electron chi connectivity index (χ3n) is 4.65. The number of rotatable bonds is 4. The van der Waals surface area contributed by atoms with Crippen molar-refractivity contribution in [2.45, 2.75) is 30.7 Å². The molecule has 1 aliphatic heterocycles. The number of esters is 1. The first-order valence-electron chi connectivity index (χ1n) is 8.31. The van der Waals surface area contributed by atoms with E-state index in [1.54, 1.807) is 31.2 Å². The maximum atomic E-state index is 13.3. The molecule has 0 aromatic heterocycles. The van der Waals surface area contributed by atoms with E-state index in [1.807, 2.05) is 0 Å². The Morgan fingerprint density at radius 3 is 2.54 bits per heavy atom. The van der Waals surface area contributed by atoms with E-state index in [1.165, 1.54) is 29.6 Å². The second kappa shape index (κ2) is 7.17. The minimum atomic E-state index is -3.81. The van der Waals surface area contributed by atoms with Crippen molar-refractivity contribution in [3.8, 4) is 0 Å². The molecule has 5 nitrogen and oxygen atoms in total. The number of carbonyl (C=O) groups is 1. The Kier molecular flexibility index (Phi) is 5.11. The molecular formula is C19H20FNO4S. The predicted molar refractivity (Wildman–Crippen MR) is 94.8 cm³/mol. The lowest BCUT2D eigenvalue weighted by Gasteiger charge is -2.25. The van der Waals surface area contributed by atoms with E-state index in [0.29, 0.717) is 18.5 Å². The Balaban J connectivity index is 2.01. The van der Waals surface area contributed by atoms with Gasteiger partial charge >= 0.3 is 5.97 Å². The van der Waals surface area contributed by atoms with E-state index in [9.17, 15) is 17.6 Å². The number of nitrogens with zero attached hydrogens (tertiary/aromatic N) is 1. The molecule has 0 bridgehead atoms. The molecule has 2 aromatic carbocycles. The van der Waals surface area contributed by atoms with Gasteiger partial charge in [-0.1, -0.05) is 18.2 Å². The second-order valence-electron chi connectivity index (χ2n) is 6.30. The van der Waals surface area contributed by atoms with Gasteiger partial charge in [0.05, 0.1) is 23.6 Å². The van der Waals surface area contributed by atoms with E-state index in [2.05, 4.69) is 4.74 Å². The van der Waals surface area contributed by atoms with E-state index in [0.717, 1.165) is 12.0 Å². The monoisotopic (exact) mass is 377 g/mol. The second-order valence-corrected chi connectivity index (χ2v) is 8.16. The third-order valence-corrected chi connectivity index (χ3v) is 6.70. The fraction of sp³-hybridized carbons (Fsp3) is 0.316. The average Bonchev–Trinajstić information content (AvgIpc) is 3.12. The van der Waals surface area contributed by atoms with Gasteiger partial charge in [0.1, 0.15) is 5.82 Å². The number of halogens is 1. The van der Waals surface area contributed by atoms with E-state index < -0.39 is 16.0 Å². The van der Waals surface area contributed by atoms with Gasteiger partial charge in [0, 0.05) is 6.54 Å². The number of carbonyl (C=O) groups excluding carboxylic acids is 1. The topological polar surface area (TPSA) is 63.7 Å². The molecule has 3 rings (SSSR count). The first kappa shape index (κ1) is 18.5. The van der Waals surface area contributed by atoms with Crippen LogP contribution in [-0.4, -0.2) is 32.3 Å². The van der Waals surface area contributed by atoms with Crippen LogP contribution in [0.1, 0.15) is 40.4 Å². The Morgan fingerprint density at radius 1 is 1.19 bits per heavy atom. The summed E-state index contributed by atoms with van der Waals surface area (Å²) in [6.45, 7) is 2.07. The number of sulfonamides is 1. The molecule has 1 unspecified atom stereocenters. The molecule has 26 heavy (non-hydrogen) atoms. The van der Waals surface area contributed by atoms with Gasteiger partial charge in [-0.05, 0) is 55.2 Å². The molecule has 0 aliphatic carbocycles. The summed E-state index contributed by atoms with van der Waals surface area (Å²) in [5.74, 6) is -0.944. The Bertz CT molecular complexity index is 925. The number of hydrogen-bond acceptors (Lipinski definition) is 4. The fourth-order valence-electron chi connectivity index (χ4n) is 3.29. The van der Waals surface area contributed by atoms with Gasteiger partial charge in [0.2, 0.25) is 10.0 Å². The lowest BCUT2D eigenvalue weighted by Crippen LogP contribution is -2.31. The van der Waals surface area contributed by atoms with Crippen molar-refractivity contribution in [3.05, 3.63) is 65.0 Å². The standard InChI is InChI=1S/C19H20FNO4S/c1-13-5-6-15(19(22)25-2)12-18(13)26(23,24)21-11-3-4-17(21)14-7-9-16(20)10-8-14/h5-10,12,17H,3-4,11H2,1-2H3. The first-order chi connectivity index (χ1) is 12.3. The molecule has 1 atom stereocenters. The van der Waals surface area contributed by atoms with Crippen LogP contribution >= 0.6 is 0 Å². The highest BCUT2D eigenvalue weighted by molar-refractivity contribution is 7.89. The van der Waals surface area contributed by atoms with Crippen LogP contribution in [-0.2, 0) is 14.8 Å². The average molecular weight is 377 g/mol. The van der Waals surface area contributed by atoms with Crippen LogP contribution in [0.3, 0.4) is 0 Å². The van der Waals surface area contributed by atoms with E-state index >= 15 is 0 Å². The largest absolute Gasteiger partial charge is 0.465 e. The van der Waals surface area contributed by atoms with Crippen molar-refractivity contribution in [1.82, 2.24) is 4.31 Å². The summed E-state index contributed by atoms with van der Waals surface area (Å²) in [5.41, 5.74) is 1.51. The third kappa shape index (κ3) is 3.37. The quantitative estimate of drug-likeness (QED) is 0.766. The maximum Gasteiger partial charge on any atom is 0.337 e. The van der Waals surface area contributed by atoms with Gasteiger partial charge in [-0.15, -0.1) is 0 Å². The van der Waals surface area contributed by atoms with Gasteiger partial charge in [0.25, 0.3) is 0 Å². The van der Waals surface area contributed by atoms with Crippen molar-refractivity contribution in [1.29, 1.82) is 0 Å². The van der Waals surface area contributed by atoms with Gasteiger partial charge < -0.3 is 4.74 Å². The zero-order valence-corrected chi connectivity index (χ0v) is 15.4. The molecular weight excluding hydrogens is 357 g/mol. The van der Waals surface area contributed by atoms with Crippen LogP contribution in [0.15, 0.2) is 47.4 Å². The van der Waals surface area contributed by atoms with Crippen molar-refractivity contribution < 1.29 is 22.3 Å². The summed E-state index contributed by atoms with van der Waals surface area (Å²) in [5, 5.41) is 0. The first-order valence-corrected chi connectivity index (χ1v) is 9.75. The fourth-order valence-corrected chi connectivity index (χ4v) is 5.23. The molecule has 0 radical (unpaired) electrons. The van der Waals surface area contributed by atoms with Crippen LogP contribution in [0.5, 0.6) is 0 Å². The molecule has 1 aliphatic rings. The van der Waals surface area contributed by atoms with Crippen molar-refractivity contribution >= 4 is 16.0 Å². The van der Waals surface area contributed by atoms with Crippen molar-refractivity contribution in [2.75, 3.05) is 13.7 Å². The summed E-state index contributed by atoms with van der Waals surface area (Å²) in [6.07, 6.45) is 1.39. The van der Waals surface area contributed by atoms with Crippen LogP contribution in [0.25, 0.3) is 0 Å². The van der Waals surface area contributed by atoms with Gasteiger partial charge in [-0.2, -0.15) is 4.31 Å². The highest BCUT2D eigenvalue weighted by Gasteiger charge is 2.37. The van der Waals surface area contributed by atoms with Gasteiger partial charge in [0.15, 0.2) is 0 Å². The smallest absolute Gasteiger partial charge is 0.337 e. The van der Waals surface area contributed by atoms with Crippen molar-refractivity contribution in [2.24, 2.45) is 0 Å². The summed E-state index contributed by atoms with van der Waals surface area (Å²) >= 11 is 0. The predicted octanol–water partition coefficient (Wildman–Crippen LogP) is 3.45. The molecule has 1 fully saturated rings. The zero-order valence-electron chi connectivity index (χ0n) is 14.6. The maximum absolute atomic E-state index is 13.3. The minimum Gasteiger partial charge on any atom is -0.465 e. The van der Waals surface area contributed by atoms with Crippen LogP contribution in [0.4, 0.5) is 4.39 Å². The summed E-state index contributed by atoms with van der Waals surface area (Å²) in [7, 11) is -2.56. The molecule has 1 saturated heterocycles. The summed E-state index contributed by atoms with van der Waals surface area (Å²) in [6, 6.07) is 10.1. The molecule has 0 N–H and O–H groups in total. The van der Waals surface area contributed by atoms with Crippen LogP contribution in [0, 0.1) is 12.7 Å². The highest BCUT2D eigenvalue weighted by atomic mass is 32.2. The zero-order chi connectivity index (χ0) is 18.9. The number of benzene rings is 2. The van der Waals surface area contributed by atoms with Gasteiger partial charge in [-0.25, -0.2) is 17.6 Å². The van der Waals surface area contributed by atoms with Crippen molar-refractivity contribution in [3.63, 3.8) is 0 Å². The number of hydrogen-bond donors (Lipinski definition) is 0. The molecule has 0 saturated carbocycles. The molecule has 0 spiro atoms. The molecule has 1 heterocycles. The van der Waals surface area contributed by atoms with Crippen LogP contribution < -0.4 is 0 Å². The normalized spacial score (nSPS) is 18.0. The summed E-state index contributed by atoms with van der Waals surface area (Å²) < 4.78 is 45.9. The Hall–Kier alpha value is -2.25. The Labute approximate surface area is 152 Å².